The summed E-state index contributed by atoms with van der Waals surface area (Å²) in [5.74, 6) is 0.582. The van der Waals surface area contributed by atoms with Gasteiger partial charge in [-0.15, -0.1) is 0 Å². The Morgan fingerprint density at radius 2 is 2.05 bits per heavy atom. The van der Waals surface area contributed by atoms with Crippen molar-refractivity contribution in [1.82, 2.24) is 5.32 Å². The predicted molar refractivity (Wildman–Crippen MR) is 88.3 cm³/mol. The molecule has 1 aromatic carbocycles. The third kappa shape index (κ3) is 7.25. The Morgan fingerprint density at radius 3 is 2.68 bits per heavy atom. The maximum absolute atomic E-state index is 9.97. The van der Waals surface area contributed by atoms with Gasteiger partial charge in [-0.1, -0.05) is 26.0 Å². The van der Waals surface area contributed by atoms with Crippen LogP contribution in [0.15, 0.2) is 24.3 Å². The van der Waals surface area contributed by atoms with Gasteiger partial charge < -0.3 is 19.9 Å². The van der Waals surface area contributed by atoms with E-state index in [1.165, 1.54) is 0 Å². The fourth-order valence-corrected chi connectivity index (χ4v) is 1.78. The first-order chi connectivity index (χ1) is 12.1. The number of ether oxygens (including phenoxy) is 2. The summed E-state index contributed by atoms with van der Waals surface area (Å²) in [7, 11) is 0. The minimum Gasteiger partial charge on any atom is -0.491 e. The van der Waals surface area contributed by atoms with E-state index in [1.807, 2.05) is 26.0 Å². The van der Waals surface area contributed by atoms with Gasteiger partial charge in [0.05, 0.1) is 9.35 Å². The minimum atomic E-state index is -1.92. The quantitative estimate of drug-likeness (QED) is 0.659. The average molecular weight is 311 g/mol. The first kappa shape index (κ1) is 12.3. The van der Waals surface area contributed by atoms with E-state index < -0.39 is 19.2 Å². The molecule has 0 aliphatic heterocycles. The van der Waals surface area contributed by atoms with Crippen molar-refractivity contribution in [2.75, 3.05) is 26.3 Å². The smallest absolute Gasteiger partial charge is 0.119 e. The molecule has 4 nitrogen and oxygen atoms in total. The van der Waals surface area contributed by atoms with Crippen molar-refractivity contribution in [2.45, 2.75) is 45.3 Å². The van der Waals surface area contributed by atoms with Crippen LogP contribution in [0.3, 0.4) is 0 Å². The summed E-state index contributed by atoms with van der Waals surface area (Å²) in [5.41, 5.74) is 1.00. The lowest BCUT2D eigenvalue weighted by molar-refractivity contribution is 0.104. The lowest BCUT2D eigenvalue weighted by Crippen LogP contribution is -2.35. The van der Waals surface area contributed by atoms with Crippen molar-refractivity contribution in [2.24, 2.45) is 5.92 Å². The van der Waals surface area contributed by atoms with Crippen molar-refractivity contribution in [3.8, 4) is 5.75 Å². The predicted octanol–water partition coefficient (Wildman–Crippen LogP) is 2.39. The van der Waals surface area contributed by atoms with E-state index in [9.17, 15) is 5.11 Å². The van der Waals surface area contributed by atoms with E-state index in [0.717, 1.165) is 18.4 Å². The highest BCUT2D eigenvalue weighted by Crippen LogP contribution is 2.28. The highest BCUT2D eigenvalue weighted by Gasteiger charge is 2.20. The number of benzene rings is 1. The molecule has 0 radical (unpaired) electrons. The van der Waals surface area contributed by atoms with Crippen molar-refractivity contribution < 1.29 is 20.1 Å². The topological polar surface area (TPSA) is 50.7 Å². The van der Waals surface area contributed by atoms with Crippen molar-refractivity contribution >= 4 is 0 Å². The van der Waals surface area contributed by atoms with Gasteiger partial charge >= 0.3 is 0 Å². The molecule has 1 fully saturated rings. The largest absolute Gasteiger partial charge is 0.491 e. The number of aliphatic hydroxyl groups excluding tert-OH is 1. The van der Waals surface area contributed by atoms with Gasteiger partial charge in [-0.05, 0) is 42.9 Å². The lowest BCUT2D eigenvalue weighted by atomic mass is 10.1. The first-order valence-electron chi connectivity index (χ1n) is 9.91. The van der Waals surface area contributed by atoms with Crippen molar-refractivity contribution in [1.29, 1.82) is 0 Å². The zero-order chi connectivity index (χ0) is 19.4. The molecule has 22 heavy (non-hydrogen) atoms. The van der Waals surface area contributed by atoms with Gasteiger partial charge in [-0.2, -0.15) is 0 Å². The number of rotatable bonds is 11. The molecular weight excluding hydrogens is 278 g/mol. The number of hydrogen-bond donors (Lipinski definition) is 2. The van der Waals surface area contributed by atoms with Crippen LogP contribution in [0.2, 0.25) is 0 Å². The second-order valence-corrected chi connectivity index (χ2v) is 5.90. The first-order valence-corrected chi connectivity index (χ1v) is 7.91. The van der Waals surface area contributed by atoms with Gasteiger partial charge in [0, 0.05) is 21.8 Å². The SMILES string of the molecule is [2H]C([2H])(NC(C)C)C(O)COc1ccc(CCOC([2H])([2H])C2CC2)cc1. The van der Waals surface area contributed by atoms with Crippen molar-refractivity contribution in [3.63, 3.8) is 0 Å². The van der Waals surface area contributed by atoms with Crippen LogP contribution in [-0.4, -0.2) is 43.5 Å². The molecule has 0 aromatic heterocycles. The Bertz CT molecular complexity index is 562. The van der Waals surface area contributed by atoms with E-state index in [2.05, 4.69) is 5.32 Å². The van der Waals surface area contributed by atoms with E-state index in [-0.39, 0.29) is 18.6 Å². The average Bonchev–Trinajstić information content (AvgIpc) is 3.37. The summed E-state index contributed by atoms with van der Waals surface area (Å²) in [6.45, 7) is 0.336. The van der Waals surface area contributed by atoms with E-state index in [0.29, 0.717) is 18.8 Å². The fourth-order valence-electron chi connectivity index (χ4n) is 1.78. The maximum Gasteiger partial charge on any atom is 0.119 e. The third-order valence-corrected chi connectivity index (χ3v) is 3.19. The van der Waals surface area contributed by atoms with Gasteiger partial charge in [-0.25, -0.2) is 0 Å². The van der Waals surface area contributed by atoms with Crippen LogP contribution in [-0.2, 0) is 11.2 Å². The lowest BCUT2D eigenvalue weighted by Gasteiger charge is -2.15. The van der Waals surface area contributed by atoms with Crippen molar-refractivity contribution in [3.05, 3.63) is 29.8 Å². The Hall–Kier alpha value is -1.10. The molecule has 0 heterocycles. The molecule has 0 spiro atoms. The number of nitrogens with one attached hydrogen (secondary N) is 1. The molecule has 2 N–H and O–H groups in total. The molecular formula is C18H29NO3. The number of aliphatic hydroxyl groups is 1. The highest BCUT2D eigenvalue weighted by atomic mass is 16.5. The monoisotopic (exact) mass is 311 g/mol. The highest BCUT2D eigenvalue weighted by molar-refractivity contribution is 5.27. The molecule has 1 atom stereocenters. The fraction of sp³-hybridized carbons (Fsp3) is 0.667. The Balaban J connectivity index is 1.74. The third-order valence-electron chi connectivity index (χ3n) is 3.19. The molecule has 0 saturated heterocycles. The summed E-state index contributed by atoms with van der Waals surface area (Å²) in [4.78, 5) is 0. The van der Waals surface area contributed by atoms with Gasteiger partial charge in [0.2, 0.25) is 0 Å². The summed E-state index contributed by atoms with van der Waals surface area (Å²) >= 11 is 0. The van der Waals surface area contributed by atoms with Crippen LogP contribution in [0.4, 0.5) is 0 Å². The molecule has 0 bridgehead atoms. The Labute approximate surface area is 139 Å². The van der Waals surface area contributed by atoms with Gasteiger partial charge in [0.25, 0.3) is 0 Å². The normalized spacial score (nSPS) is 20.0. The molecule has 0 amide bonds. The zero-order valence-corrected chi connectivity index (χ0v) is 13.3. The zero-order valence-electron chi connectivity index (χ0n) is 17.3. The standard InChI is InChI=1S/C18H29NO3/c1-14(2)19-11-17(20)13-22-18-7-5-15(6-8-18)9-10-21-12-16-3-4-16/h5-8,14,16-17,19-20H,3-4,9-13H2,1-2H3/i11D2,12D2. The van der Waals surface area contributed by atoms with Crippen LogP contribution >= 0.6 is 0 Å². The summed E-state index contributed by atoms with van der Waals surface area (Å²) in [5, 5.41) is 12.6. The molecule has 1 unspecified atom stereocenters. The van der Waals surface area contributed by atoms with Crippen LogP contribution in [0.1, 0.15) is 37.7 Å². The molecule has 2 rings (SSSR count). The van der Waals surface area contributed by atoms with Crippen LogP contribution < -0.4 is 10.1 Å². The second-order valence-electron chi connectivity index (χ2n) is 5.90. The molecule has 4 heteroatoms. The molecule has 1 saturated carbocycles. The summed E-state index contributed by atoms with van der Waals surface area (Å²) in [6, 6.07) is 7.14. The maximum atomic E-state index is 9.97. The molecule has 124 valence electrons. The van der Waals surface area contributed by atoms with E-state index in [4.69, 9.17) is 15.0 Å². The van der Waals surface area contributed by atoms with Gasteiger partial charge in [-0.3, -0.25) is 0 Å². The summed E-state index contributed by atoms with van der Waals surface area (Å²) < 4.78 is 42.0. The van der Waals surface area contributed by atoms with Crippen LogP contribution in [0, 0.1) is 5.92 Å². The summed E-state index contributed by atoms with van der Waals surface area (Å²) in [6.07, 6.45) is 1.11. The van der Waals surface area contributed by atoms with E-state index in [1.54, 1.807) is 12.1 Å². The molecule has 1 aliphatic carbocycles. The molecule has 1 aromatic rings. The Kier molecular flexibility index (Phi) is 5.12. The van der Waals surface area contributed by atoms with Gasteiger partial charge in [0.1, 0.15) is 18.5 Å². The van der Waals surface area contributed by atoms with Gasteiger partial charge in [0.15, 0.2) is 0 Å². The second kappa shape index (κ2) is 9.13. The number of hydrogen-bond acceptors (Lipinski definition) is 4. The Morgan fingerprint density at radius 1 is 1.32 bits per heavy atom. The molecule has 1 aliphatic rings. The minimum absolute atomic E-state index is 0.0380. The van der Waals surface area contributed by atoms with Crippen LogP contribution in [0.5, 0.6) is 5.75 Å². The van der Waals surface area contributed by atoms with E-state index >= 15 is 0 Å². The van der Waals surface area contributed by atoms with Crippen LogP contribution in [0.25, 0.3) is 0 Å².